The molecule has 1 spiro atoms. The normalized spacial score (nSPS) is 19.7. The molecule has 15 heteroatoms. The number of imidazole rings is 2. The molecule has 4 amide bonds. The van der Waals surface area contributed by atoms with E-state index in [-0.39, 0.29) is 35.7 Å². The Hall–Kier alpha value is -5.70. The quantitative estimate of drug-likeness (QED) is 0.103. The van der Waals surface area contributed by atoms with Gasteiger partial charge in [-0.15, -0.1) is 0 Å². The van der Waals surface area contributed by atoms with E-state index in [9.17, 15) is 19.2 Å². The lowest BCUT2D eigenvalue weighted by molar-refractivity contribution is -0.136. The van der Waals surface area contributed by atoms with Gasteiger partial charge in [0.25, 0.3) is 0 Å². The predicted octanol–water partition coefficient (Wildman–Crippen LogP) is 7.86. The van der Waals surface area contributed by atoms with E-state index in [0.717, 1.165) is 80.9 Å². The lowest BCUT2D eigenvalue weighted by Crippen LogP contribution is -2.52. The van der Waals surface area contributed by atoms with E-state index >= 15 is 0 Å². The van der Waals surface area contributed by atoms with Crippen LogP contribution >= 0.6 is 0 Å². The zero-order valence-electron chi connectivity index (χ0n) is 35.3. The van der Waals surface area contributed by atoms with Gasteiger partial charge in [-0.25, -0.2) is 19.6 Å². The second-order valence-electron chi connectivity index (χ2n) is 17.6. The lowest BCUT2D eigenvalue weighted by Gasteiger charge is -2.30. The van der Waals surface area contributed by atoms with Crippen LogP contribution in [-0.2, 0) is 19.1 Å². The minimum Gasteiger partial charge on any atom is -0.453 e. The van der Waals surface area contributed by atoms with Crippen molar-refractivity contribution in [1.82, 2.24) is 40.4 Å². The summed E-state index contributed by atoms with van der Waals surface area (Å²) in [7, 11) is 0.936. The summed E-state index contributed by atoms with van der Waals surface area (Å²) in [4.78, 5) is 72.9. The SMILES string of the molecule is COC(=O)NC(C(=O)N1CCC[C@H]1c1nc2c(ccc3cc(-c4ccc(-c5cnc(C6C[Si]7(CCCC7)CN6C(=O)[C@@H](NC(=O)OC)C(C)C)[nH]5)cc4)ccc32)[nH]1)C(C)C. The van der Waals surface area contributed by atoms with E-state index in [1.54, 1.807) is 0 Å². The van der Waals surface area contributed by atoms with Crippen LogP contribution < -0.4 is 10.6 Å². The first-order valence-corrected chi connectivity index (χ1v) is 24.1. The lowest BCUT2D eigenvalue weighted by atomic mass is 9.99. The van der Waals surface area contributed by atoms with Crippen LogP contribution in [-0.4, -0.2) is 101 Å². The molecule has 0 saturated carbocycles. The third-order valence-corrected chi connectivity index (χ3v) is 18.1. The third kappa shape index (κ3) is 7.86. The Labute approximate surface area is 351 Å². The molecule has 4 N–H and O–H groups in total. The molecule has 316 valence electrons. The molecular formula is C45H56N8O6Si. The van der Waals surface area contributed by atoms with Gasteiger partial charge >= 0.3 is 12.2 Å². The van der Waals surface area contributed by atoms with Gasteiger partial charge in [0, 0.05) is 18.1 Å². The number of amides is 4. The van der Waals surface area contributed by atoms with Crippen LogP contribution in [0.1, 0.15) is 77.1 Å². The number of aromatic amines is 2. The summed E-state index contributed by atoms with van der Waals surface area (Å²) in [6.45, 7) is 8.31. The van der Waals surface area contributed by atoms with Gasteiger partial charge in [-0.1, -0.05) is 95.1 Å². The number of benzene rings is 3. The second kappa shape index (κ2) is 16.7. The van der Waals surface area contributed by atoms with E-state index in [1.807, 2.05) is 49.8 Å². The van der Waals surface area contributed by atoms with E-state index in [1.165, 1.54) is 39.1 Å². The molecule has 3 aromatic carbocycles. The van der Waals surface area contributed by atoms with Crippen LogP contribution in [0, 0.1) is 11.8 Å². The Bertz CT molecular complexity index is 2400. The number of fused-ring (bicyclic) bond motifs is 3. The Balaban J connectivity index is 1.00. The number of carbonyl (C=O) groups is 4. The molecule has 3 aliphatic heterocycles. The molecule has 3 fully saturated rings. The van der Waals surface area contributed by atoms with Crippen molar-refractivity contribution in [3.05, 3.63) is 72.4 Å². The maximum absolute atomic E-state index is 14.1. The highest BCUT2D eigenvalue weighted by molar-refractivity contribution is 6.81. The summed E-state index contributed by atoms with van der Waals surface area (Å²) in [5.41, 5.74) is 5.80. The topological polar surface area (TPSA) is 175 Å². The van der Waals surface area contributed by atoms with Crippen LogP contribution in [0.3, 0.4) is 0 Å². The van der Waals surface area contributed by atoms with Gasteiger partial charge in [-0.05, 0) is 64.9 Å². The molecule has 60 heavy (non-hydrogen) atoms. The Morgan fingerprint density at radius 1 is 0.750 bits per heavy atom. The molecule has 4 atom stereocenters. The number of hydrogen-bond donors (Lipinski definition) is 4. The summed E-state index contributed by atoms with van der Waals surface area (Å²) >= 11 is 0. The Morgan fingerprint density at radius 2 is 1.38 bits per heavy atom. The summed E-state index contributed by atoms with van der Waals surface area (Å²) in [5.74, 6) is 1.13. The highest BCUT2D eigenvalue weighted by atomic mass is 28.3. The number of alkyl carbamates (subject to hydrolysis) is 2. The van der Waals surface area contributed by atoms with Gasteiger partial charge in [-0.3, -0.25) is 9.59 Å². The molecular weight excluding hydrogens is 777 g/mol. The first-order chi connectivity index (χ1) is 28.9. The minimum atomic E-state index is -1.68. The molecule has 2 unspecified atom stereocenters. The van der Waals surface area contributed by atoms with Gasteiger partial charge in [0.15, 0.2) is 0 Å². The molecule has 5 heterocycles. The number of nitrogens with one attached hydrogen (secondary N) is 4. The molecule has 0 bridgehead atoms. The zero-order valence-corrected chi connectivity index (χ0v) is 36.3. The number of methoxy groups -OCH3 is 2. The van der Waals surface area contributed by atoms with E-state index in [4.69, 9.17) is 19.4 Å². The zero-order chi connectivity index (χ0) is 42.3. The average Bonchev–Trinajstić information content (AvgIpc) is 4.11. The summed E-state index contributed by atoms with van der Waals surface area (Å²) in [6.07, 6.45) is 5.50. The van der Waals surface area contributed by atoms with Crippen molar-refractivity contribution in [2.75, 3.05) is 26.9 Å². The first kappa shape index (κ1) is 41.0. The molecule has 0 aliphatic carbocycles. The van der Waals surface area contributed by atoms with Crippen LogP contribution in [0.2, 0.25) is 18.1 Å². The largest absolute Gasteiger partial charge is 0.453 e. The van der Waals surface area contributed by atoms with Gasteiger partial charge < -0.3 is 39.9 Å². The van der Waals surface area contributed by atoms with Crippen molar-refractivity contribution in [2.24, 2.45) is 11.8 Å². The number of ether oxygens (including phenoxy) is 2. The molecule has 3 saturated heterocycles. The fourth-order valence-corrected chi connectivity index (χ4v) is 15.2. The van der Waals surface area contributed by atoms with Crippen molar-refractivity contribution in [1.29, 1.82) is 0 Å². The highest BCUT2D eigenvalue weighted by Gasteiger charge is 2.51. The van der Waals surface area contributed by atoms with Crippen molar-refractivity contribution >= 4 is 53.9 Å². The molecule has 8 rings (SSSR count). The number of likely N-dealkylation sites (tertiary alicyclic amines) is 1. The van der Waals surface area contributed by atoms with Gasteiger partial charge in [0.2, 0.25) is 11.8 Å². The third-order valence-electron chi connectivity index (χ3n) is 13.0. The van der Waals surface area contributed by atoms with E-state index in [0.29, 0.717) is 6.54 Å². The molecule has 0 radical (unpaired) electrons. The summed E-state index contributed by atoms with van der Waals surface area (Å²) in [5, 5.41) is 7.59. The fourth-order valence-electron chi connectivity index (χ4n) is 9.74. The Kier molecular flexibility index (Phi) is 11.5. The molecule has 2 aromatic heterocycles. The highest BCUT2D eigenvalue weighted by Crippen LogP contribution is 2.46. The van der Waals surface area contributed by atoms with E-state index < -0.39 is 32.3 Å². The fraction of sp³-hybridized carbons (Fsp3) is 0.467. The van der Waals surface area contributed by atoms with Crippen LogP contribution in [0.25, 0.3) is 44.2 Å². The maximum Gasteiger partial charge on any atom is 0.407 e. The number of rotatable bonds is 10. The van der Waals surface area contributed by atoms with Crippen molar-refractivity contribution in [3.63, 3.8) is 0 Å². The van der Waals surface area contributed by atoms with E-state index in [2.05, 4.69) is 69.1 Å². The number of carbonyl (C=O) groups excluding carboxylic acids is 4. The average molecular weight is 833 g/mol. The van der Waals surface area contributed by atoms with Crippen LogP contribution in [0.4, 0.5) is 9.59 Å². The Morgan fingerprint density at radius 3 is 2.03 bits per heavy atom. The van der Waals surface area contributed by atoms with Crippen LogP contribution in [0.5, 0.6) is 0 Å². The molecule has 3 aliphatic rings. The number of hydrogen-bond acceptors (Lipinski definition) is 8. The maximum atomic E-state index is 14.1. The van der Waals surface area contributed by atoms with Crippen molar-refractivity contribution in [3.8, 4) is 22.4 Å². The molecule has 5 aromatic rings. The predicted molar refractivity (Wildman–Crippen MR) is 233 cm³/mol. The van der Waals surface area contributed by atoms with Crippen molar-refractivity contribution in [2.45, 2.75) is 95.7 Å². The first-order valence-electron chi connectivity index (χ1n) is 21.3. The molecule has 14 nitrogen and oxygen atoms in total. The van der Waals surface area contributed by atoms with Gasteiger partial charge in [0.1, 0.15) is 23.7 Å². The monoisotopic (exact) mass is 832 g/mol. The van der Waals surface area contributed by atoms with Crippen LogP contribution in [0.15, 0.2) is 60.8 Å². The van der Waals surface area contributed by atoms with Crippen molar-refractivity contribution < 1.29 is 28.7 Å². The smallest absolute Gasteiger partial charge is 0.407 e. The number of H-pyrrole nitrogens is 2. The second-order valence-corrected chi connectivity index (χ2v) is 22.3. The van der Waals surface area contributed by atoms with Gasteiger partial charge in [0.05, 0.1) is 57.3 Å². The number of aromatic nitrogens is 4. The number of nitrogens with zero attached hydrogens (tertiary/aromatic N) is 4. The summed E-state index contributed by atoms with van der Waals surface area (Å²) < 4.78 is 9.66. The van der Waals surface area contributed by atoms with Gasteiger partial charge in [-0.2, -0.15) is 0 Å². The standard InChI is InChI=1S/C45H56N8O6Si/c1-26(2)37(50-44(56)58-5)42(54)52-19-9-10-35(52)41-47-33-18-16-31-22-30(15-17-32(31)39(33)49-41)28-11-13-29(14-12-28)34-23-46-40(48-34)36-24-60(20-7-8-21-60)25-53(36)43(55)38(27(3)4)51-45(57)59-6/h11-18,22-23,26-27,35-38H,7-10,19-21,24-25H2,1-6H3,(H,46,48)(H,47,49)(H,50,56)(H,51,57)/t35-,36?,37?,38-/m0/s1. The summed E-state index contributed by atoms with van der Waals surface area (Å²) in [6, 6.07) is 20.7. The minimum absolute atomic E-state index is 0.0681.